The second kappa shape index (κ2) is 5.35. The molecule has 0 aromatic carbocycles. The van der Waals surface area contributed by atoms with Gasteiger partial charge in [-0.25, -0.2) is 4.98 Å². The molecule has 0 atom stereocenters. The number of hydrogen-bond donors (Lipinski definition) is 0. The second-order valence-electron chi connectivity index (χ2n) is 3.86. The van der Waals surface area contributed by atoms with Crippen molar-refractivity contribution in [2.45, 2.75) is 44.7 Å². The third kappa shape index (κ3) is 2.88. The Labute approximate surface area is 105 Å². The van der Waals surface area contributed by atoms with Gasteiger partial charge in [0.15, 0.2) is 0 Å². The van der Waals surface area contributed by atoms with E-state index in [4.69, 9.17) is 4.42 Å². The molecule has 0 saturated carbocycles. The Balaban J connectivity index is 2.03. The minimum atomic E-state index is 0.686. The third-order valence-electron chi connectivity index (χ3n) is 2.38. The lowest BCUT2D eigenvalue weighted by Crippen LogP contribution is -2.04. The van der Waals surface area contributed by atoms with E-state index in [0.29, 0.717) is 5.22 Å². The zero-order chi connectivity index (χ0) is 12.3. The van der Waals surface area contributed by atoms with Gasteiger partial charge in [-0.05, 0) is 20.3 Å². The standard InChI is InChI=1S/C11H16N4OS/c1-4-5-15-9(3)13-14-10(15)7-17-11-12-8(2)6-16-11/h6H,4-5,7H2,1-3H3. The topological polar surface area (TPSA) is 56.7 Å². The maximum Gasteiger partial charge on any atom is 0.256 e. The average molecular weight is 252 g/mol. The van der Waals surface area contributed by atoms with E-state index >= 15 is 0 Å². The zero-order valence-electron chi connectivity index (χ0n) is 10.3. The fourth-order valence-electron chi connectivity index (χ4n) is 1.57. The molecule has 92 valence electrons. The molecule has 0 N–H and O–H groups in total. The molecular weight excluding hydrogens is 236 g/mol. The van der Waals surface area contributed by atoms with Crippen LogP contribution in [0.1, 0.15) is 30.7 Å². The van der Waals surface area contributed by atoms with E-state index in [-0.39, 0.29) is 0 Å². The molecule has 0 amide bonds. The molecule has 0 fully saturated rings. The van der Waals surface area contributed by atoms with E-state index in [0.717, 1.165) is 36.1 Å². The minimum absolute atomic E-state index is 0.686. The number of hydrogen-bond acceptors (Lipinski definition) is 5. The molecule has 0 aliphatic rings. The second-order valence-corrected chi connectivity index (χ2v) is 4.79. The van der Waals surface area contributed by atoms with E-state index < -0.39 is 0 Å². The Morgan fingerprint density at radius 1 is 1.35 bits per heavy atom. The van der Waals surface area contributed by atoms with Crippen LogP contribution in [-0.2, 0) is 12.3 Å². The Bertz CT molecular complexity index is 491. The van der Waals surface area contributed by atoms with Gasteiger partial charge in [0, 0.05) is 6.54 Å². The van der Waals surface area contributed by atoms with Gasteiger partial charge in [-0.3, -0.25) is 0 Å². The van der Waals surface area contributed by atoms with Crippen LogP contribution in [0.5, 0.6) is 0 Å². The zero-order valence-corrected chi connectivity index (χ0v) is 11.1. The van der Waals surface area contributed by atoms with Crippen LogP contribution in [0.4, 0.5) is 0 Å². The third-order valence-corrected chi connectivity index (χ3v) is 3.22. The summed E-state index contributed by atoms with van der Waals surface area (Å²) in [6.45, 7) is 7.00. The molecule has 2 aromatic rings. The minimum Gasteiger partial charge on any atom is -0.440 e. The first-order chi connectivity index (χ1) is 8.20. The van der Waals surface area contributed by atoms with Crippen molar-refractivity contribution < 1.29 is 4.42 Å². The van der Waals surface area contributed by atoms with Crippen LogP contribution in [0.2, 0.25) is 0 Å². The summed E-state index contributed by atoms with van der Waals surface area (Å²) in [6.07, 6.45) is 2.74. The maximum absolute atomic E-state index is 5.29. The predicted molar refractivity (Wildman–Crippen MR) is 65.9 cm³/mol. The molecule has 5 nitrogen and oxygen atoms in total. The number of rotatable bonds is 5. The summed E-state index contributed by atoms with van der Waals surface area (Å²) in [7, 11) is 0. The molecule has 0 saturated heterocycles. The average Bonchev–Trinajstić information content (AvgIpc) is 2.86. The van der Waals surface area contributed by atoms with Crippen molar-refractivity contribution >= 4 is 11.8 Å². The highest BCUT2D eigenvalue weighted by molar-refractivity contribution is 7.98. The smallest absolute Gasteiger partial charge is 0.256 e. The van der Waals surface area contributed by atoms with E-state index in [2.05, 4.69) is 26.7 Å². The number of nitrogens with zero attached hydrogens (tertiary/aromatic N) is 4. The van der Waals surface area contributed by atoms with Gasteiger partial charge in [-0.2, -0.15) is 0 Å². The molecule has 0 aliphatic carbocycles. The summed E-state index contributed by atoms with van der Waals surface area (Å²) in [5, 5.41) is 8.97. The molecule has 0 aliphatic heterocycles. The van der Waals surface area contributed by atoms with Crippen molar-refractivity contribution in [1.29, 1.82) is 0 Å². The SMILES string of the molecule is CCCn1c(C)nnc1CSc1nc(C)co1. The van der Waals surface area contributed by atoms with Crippen LogP contribution >= 0.6 is 11.8 Å². The van der Waals surface area contributed by atoms with Crippen LogP contribution in [0.15, 0.2) is 15.9 Å². The van der Waals surface area contributed by atoms with Gasteiger partial charge in [0.2, 0.25) is 0 Å². The highest BCUT2D eigenvalue weighted by Crippen LogP contribution is 2.21. The molecule has 0 spiro atoms. The van der Waals surface area contributed by atoms with Gasteiger partial charge in [0.1, 0.15) is 17.9 Å². The van der Waals surface area contributed by atoms with Crippen LogP contribution in [-0.4, -0.2) is 19.7 Å². The lowest BCUT2D eigenvalue weighted by molar-refractivity contribution is 0.453. The normalized spacial score (nSPS) is 11.0. The summed E-state index contributed by atoms with van der Waals surface area (Å²) in [6, 6.07) is 0. The Kier molecular flexibility index (Phi) is 3.83. The number of thioether (sulfide) groups is 1. The first-order valence-electron chi connectivity index (χ1n) is 5.64. The van der Waals surface area contributed by atoms with Gasteiger partial charge in [-0.1, -0.05) is 18.7 Å². The predicted octanol–water partition coefficient (Wildman–Crippen LogP) is 2.59. The molecule has 2 heterocycles. The van der Waals surface area contributed by atoms with Gasteiger partial charge in [-0.15, -0.1) is 10.2 Å². The largest absolute Gasteiger partial charge is 0.440 e. The number of aryl methyl sites for hydroxylation is 2. The van der Waals surface area contributed by atoms with Crippen molar-refractivity contribution in [3.8, 4) is 0 Å². The summed E-state index contributed by atoms with van der Waals surface area (Å²) in [4.78, 5) is 4.25. The highest BCUT2D eigenvalue weighted by atomic mass is 32.2. The lowest BCUT2D eigenvalue weighted by Gasteiger charge is -2.05. The van der Waals surface area contributed by atoms with Gasteiger partial charge in [0.25, 0.3) is 5.22 Å². The molecule has 6 heteroatoms. The van der Waals surface area contributed by atoms with Crippen molar-refractivity contribution in [2.24, 2.45) is 0 Å². The molecule has 0 radical (unpaired) electrons. The first-order valence-corrected chi connectivity index (χ1v) is 6.63. The van der Waals surface area contributed by atoms with Crippen LogP contribution < -0.4 is 0 Å². The summed E-state index contributed by atoms with van der Waals surface area (Å²) >= 11 is 1.55. The first kappa shape index (κ1) is 12.2. The Morgan fingerprint density at radius 2 is 2.18 bits per heavy atom. The Hall–Kier alpha value is -1.30. The van der Waals surface area contributed by atoms with Crippen molar-refractivity contribution in [1.82, 2.24) is 19.7 Å². The van der Waals surface area contributed by atoms with E-state index in [1.807, 2.05) is 13.8 Å². The van der Waals surface area contributed by atoms with Crippen LogP contribution in [0.25, 0.3) is 0 Å². The molecular formula is C11H16N4OS. The lowest BCUT2D eigenvalue weighted by atomic mass is 10.4. The van der Waals surface area contributed by atoms with Crippen molar-refractivity contribution in [3.05, 3.63) is 23.6 Å². The quantitative estimate of drug-likeness (QED) is 0.765. The molecule has 0 unspecified atom stereocenters. The summed E-state index contributed by atoms with van der Waals surface area (Å²) in [5.74, 6) is 2.68. The summed E-state index contributed by atoms with van der Waals surface area (Å²) in [5.41, 5.74) is 0.902. The van der Waals surface area contributed by atoms with Gasteiger partial charge in [0.05, 0.1) is 11.4 Å². The number of aromatic nitrogens is 4. The fraction of sp³-hybridized carbons (Fsp3) is 0.545. The highest BCUT2D eigenvalue weighted by Gasteiger charge is 2.10. The van der Waals surface area contributed by atoms with E-state index in [1.165, 1.54) is 0 Å². The Morgan fingerprint density at radius 3 is 2.82 bits per heavy atom. The summed E-state index contributed by atoms with van der Waals surface area (Å²) < 4.78 is 7.43. The van der Waals surface area contributed by atoms with E-state index in [9.17, 15) is 0 Å². The fourth-order valence-corrected chi connectivity index (χ4v) is 2.36. The molecule has 2 aromatic heterocycles. The van der Waals surface area contributed by atoms with E-state index in [1.54, 1.807) is 18.0 Å². The van der Waals surface area contributed by atoms with Crippen molar-refractivity contribution in [3.63, 3.8) is 0 Å². The van der Waals surface area contributed by atoms with Crippen LogP contribution in [0, 0.1) is 13.8 Å². The molecule has 0 bridgehead atoms. The molecule has 17 heavy (non-hydrogen) atoms. The van der Waals surface area contributed by atoms with Gasteiger partial charge >= 0.3 is 0 Å². The maximum atomic E-state index is 5.29. The molecule has 2 rings (SSSR count). The van der Waals surface area contributed by atoms with Gasteiger partial charge < -0.3 is 8.98 Å². The van der Waals surface area contributed by atoms with Crippen molar-refractivity contribution in [2.75, 3.05) is 0 Å². The van der Waals surface area contributed by atoms with Crippen LogP contribution in [0.3, 0.4) is 0 Å². The monoisotopic (exact) mass is 252 g/mol. The number of oxazole rings is 1.